The van der Waals surface area contributed by atoms with Gasteiger partial charge in [0, 0.05) is 22.9 Å². The van der Waals surface area contributed by atoms with E-state index in [9.17, 15) is 18.9 Å². The molecule has 3 amide bonds. The smallest absolute Gasteiger partial charge is 0.459 e. The van der Waals surface area contributed by atoms with Gasteiger partial charge in [0.15, 0.2) is 6.23 Å². The van der Waals surface area contributed by atoms with Gasteiger partial charge in [-0.15, -0.1) is 0 Å². The van der Waals surface area contributed by atoms with Crippen LogP contribution in [0.15, 0.2) is 33.9 Å². The van der Waals surface area contributed by atoms with Gasteiger partial charge in [-0.3, -0.25) is 24.3 Å². The van der Waals surface area contributed by atoms with Crippen molar-refractivity contribution in [3.8, 4) is 5.75 Å². The maximum Gasteiger partial charge on any atom is 0.459 e. The lowest BCUT2D eigenvalue weighted by atomic mass is 10.0. The molecule has 2 aliphatic heterocycles. The van der Waals surface area contributed by atoms with Crippen LogP contribution in [0.25, 0.3) is 10.4 Å². The Hall–Kier alpha value is -2.23. The van der Waals surface area contributed by atoms with Crippen LogP contribution in [0.4, 0.5) is 4.79 Å². The fraction of sp³-hybridized carbons (Fsp3) is 0.571. The number of carbonyl (C=O) groups is 3. The molecule has 2 unspecified atom stereocenters. The Morgan fingerprint density at radius 3 is 2.64 bits per heavy atom. The molecule has 2 fully saturated rings. The van der Waals surface area contributed by atoms with Crippen molar-refractivity contribution in [1.29, 1.82) is 0 Å². The highest BCUT2D eigenvalue weighted by Gasteiger charge is 2.54. The number of nitrogens with one attached hydrogen (secondary N) is 2. The van der Waals surface area contributed by atoms with E-state index in [1.54, 1.807) is 12.1 Å². The first-order valence-corrected chi connectivity index (χ1v) is 14.6. The number of halogens is 2. The molecule has 2 aliphatic rings. The van der Waals surface area contributed by atoms with Crippen molar-refractivity contribution in [2.75, 3.05) is 20.8 Å². The molecule has 0 spiro atoms. The Labute approximate surface area is 240 Å². The van der Waals surface area contributed by atoms with Gasteiger partial charge in [-0.1, -0.05) is 37.0 Å². The van der Waals surface area contributed by atoms with Gasteiger partial charge in [-0.25, -0.2) is 9.36 Å². The van der Waals surface area contributed by atoms with Crippen molar-refractivity contribution >= 4 is 57.5 Å². The predicted molar refractivity (Wildman–Crippen MR) is 143 cm³/mol. The molecular weight excluding hydrogens is 671 g/mol. The third-order valence-corrected chi connectivity index (χ3v) is 8.83. The molecule has 2 N–H and O–H groups in total. The van der Waals surface area contributed by atoms with E-state index in [0.717, 1.165) is 4.47 Å². The zero-order valence-corrected chi connectivity index (χ0v) is 25.3. The number of alkyl halides is 1. The van der Waals surface area contributed by atoms with Gasteiger partial charge in [-0.2, -0.15) is 5.09 Å². The number of benzene rings is 1. The number of azide groups is 1. The Kier molecular flexibility index (Phi) is 10.4. The van der Waals surface area contributed by atoms with Crippen molar-refractivity contribution in [2.24, 2.45) is 5.11 Å². The number of amides is 3. The number of rotatable bonds is 11. The molecule has 0 radical (unpaired) electrons. The van der Waals surface area contributed by atoms with E-state index in [1.807, 2.05) is 0 Å². The molecular formula is C21H27Br2N6O9P. The summed E-state index contributed by atoms with van der Waals surface area (Å²) in [5.41, 5.74) is 9.11. The number of methoxy groups -OCH3 is 2. The normalized spacial score (nSPS) is 29.1. The van der Waals surface area contributed by atoms with Gasteiger partial charge >= 0.3 is 19.7 Å². The van der Waals surface area contributed by atoms with Crippen molar-refractivity contribution in [3.63, 3.8) is 0 Å². The minimum absolute atomic E-state index is 0.0203. The Morgan fingerprint density at radius 1 is 1.38 bits per heavy atom. The van der Waals surface area contributed by atoms with Crippen molar-refractivity contribution in [2.45, 2.75) is 55.2 Å². The predicted octanol–water partition coefficient (Wildman–Crippen LogP) is 3.58. The molecule has 2 heterocycles. The summed E-state index contributed by atoms with van der Waals surface area (Å²) in [7, 11) is -1.74. The molecule has 0 saturated carbocycles. The lowest BCUT2D eigenvalue weighted by molar-refractivity contribution is -0.152. The molecule has 1 aromatic carbocycles. The third-order valence-electron chi connectivity index (χ3n) is 5.91. The van der Waals surface area contributed by atoms with Gasteiger partial charge in [0.05, 0.1) is 25.9 Å². The quantitative estimate of drug-likeness (QED) is 0.0863. The molecule has 3 rings (SSSR count). The van der Waals surface area contributed by atoms with E-state index >= 15 is 0 Å². The van der Waals surface area contributed by atoms with Crippen LogP contribution in [0.3, 0.4) is 0 Å². The topological polar surface area (TPSA) is 190 Å². The van der Waals surface area contributed by atoms with Crippen molar-refractivity contribution < 1.29 is 42.2 Å². The summed E-state index contributed by atoms with van der Waals surface area (Å²) in [5.74, 6) is -1.13. The molecule has 2 saturated heterocycles. The number of nitrogens with zero attached hydrogens (tertiary/aromatic N) is 4. The summed E-state index contributed by atoms with van der Waals surface area (Å²) in [6, 6.07) is 3.68. The zero-order valence-electron chi connectivity index (χ0n) is 21.3. The lowest BCUT2D eigenvalue weighted by Gasteiger charge is -2.44. The number of urea groups is 1. The maximum absolute atomic E-state index is 13.7. The summed E-state index contributed by atoms with van der Waals surface area (Å²) >= 11 is 6.60. The van der Waals surface area contributed by atoms with E-state index in [0.29, 0.717) is 0 Å². The first-order chi connectivity index (χ1) is 18.3. The highest BCUT2D eigenvalue weighted by molar-refractivity contribution is 9.10. The first-order valence-electron chi connectivity index (χ1n) is 11.5. The van der Waals surface area contributed by atoms with Crippen LogP contribution in [0.2, 0.25) is 0 Å². The van der Waals surface area contributed by atoms with E-state index < -0.39 is 67.2 Å². The number of carbonyl (C=O) groups excluding carboxylic acids is 3. The summed E-state index contributed by atoms with van der Waals surface area (Å²) in [6.45, 7) is 2.52. The second-order valence-corrected chi connectivity index (χ2v) is 12.9. The fourth-order valence-electron chi connectivity index (χ4n) is 3.97. The summed E-state index contributed by atoms with van der Waals surface area (Å²) in [6.07, 6.45) is -3.04. The molecule has 1 aromatic rings. The van der Waals surface area contributed by atoms with Crippen LogP contribution in [-0.4, -0.2) is 78.6 Å². The number of esters is 1. The van der Waals surface area contributed by atoms with Crippen LogP contribution >= 0.6 is 39.6 Å². The number of imide groups is 1. The zero-order chi connectivity index (χ0) is 29.0. The average molecular weight is 698 g/mol. The summed E-state index contributed by atoms with van der Waals surface area (Å²) in [5, 5.41) is 8.49. The molecule has 15 nitrogen and oxygen atoms in total. The van der Waals surface area contributed by atoms with E-state index in [4.69, 9.17) is 24.1 Å². The van der Waals surface area contributed by atoms with Gasteiger partial charge in [0.25, 0.3) is 0 Å². The standard InChI is InChI=1S/C21H27Br2N6O9P/c1-11(17(30)34-3)27-39(33,38-13-7-5-12(22)6-8-13)36-10-15-14(26-28-24)9-16(37-15)29-19(35-4)21(2,23)18(31)25-20(29)32/h5-8,11,14-16,19H,9-10H2,1-4H3,(H,27,33)(H,25,31,32)/t11?,14-,15+,16+,19-,21+,39?/m0/s1. The minimum atomic E-state index is -4.24. The second-order valence-electron chi connectivity index (χ2n) is 8.68. The van der Waals surface area contributed by atoms with Crippen molar-refractivity contribution in [1.82, 2.24) is 15.3 Å². The Bertz CT molecular complexity index is 1180. The first kappa shape index (κ1) is 31.3. The number of ether oxygens (including phenoxy) is 3. The van der Waals surface area contributed by atoms with Gasteiger partial charge < -0.3 is 18.7 Å². The van der Waals surface area contributed by atoms with Crippen LogP contribution in [0, 0.1) is 0 Å². The van der Waals surface area contributed by atoms with Crippen LogP contribution in [0.5, 0.6) is 5.75 Å². The van der Waals surface area contributed by atoms with E-state index in [-0.39, 0.29) is 12.2 Å². The molecule has 39 heavy (non-hydrogen) atoms. The highest BCUT2D eigenvalue weighted by atomic mass is 79.9. The molecule has 214 valence electrons. The second kappa shape index (κ2) is 13.0. The van der Waals surface area contributed by atoms with E-state index in [1.165, 1.54) is 45.1 Å². The van der Waals surface area contributed by atoms with Gasteiger partial charge in [0.1, 0.15) is 22.3 Å². The average Bonchev–Trinajstić information content (AvgIpc) is 3.28. The SMILES string of the molecule is COC(=O)C(C)NP(=O)(OC[C@H]1O[C@@H](N2C(=O)NC(=O)[C@@](C)(Br)[C@@H]2OC)C[C@@H]1N=[N+]=[N-])Oc1ccc(Br)cc1. The van der Waals surface area contributed by atoms with Crippen molar-refractivity contribution in [3.05, 3.63) is 39.2 Å². The Morgan fingerprint density at radius 2 is 2.05 bits per heavy atom. The van der Waals surface area contributed by atoms with E-state index in [2.05, 4.69) is 57.0 Å². The number of hydrogen-bond donors (Lipinski definition) is 2. The number of hydrogen-bond acceptors (Lipinski definition) is 10. The lowest BCUT2D eigenvalue weighted by Crippen LogP contribution is -2.69. The fourth-order valence-corrected chi connectivity index (χ4v) is 6.24. The molecule has 0 aromatic heterocycles. The monoisotopic (exact) mass is 696 g/mol. The van der Waals surface area contributed by atoms with Gasteiger partial charge in [-0.05, 0) is 43.6 Å². The summed E-state index contributed by atoms with van der Waals surface area (Å²) < 4.78 is 40.5. The summed E-state index contributed by atoms with van der Waals surface area (Å²) in [4.78, 5) is 41.1. The molecule has 18 heteroatoms. The highest BCUT2D eigenvalue weighted by Crippen LogP contribution is 2.46. The molecule has 0 aliphatic carbocycles. The maximum atomic E-state index is 13.7. The largest absolute Gasteiger partial charge is 0.468 e. The Balaban J connectivity index is 1.82. The van der Waals surface area contributed by atoms with Crippen LogP contribution in [0.1, 0.15) is 20.3 Å². The van der Waals surface area contributed by atoms with Crippen LogP contribution < -0.4 is 14.9 Å². The minimum Gasteiger partial charge on any atom is -0.468 e. The molecule has 0 bridgehead atoms. The molecule has 7 atom stereocenters. The van der Waals surface area contributed by atoms with Crippen LogP contribution in [-0.2, 0) is 32.9 Å². The van der Waals surface area contributed by atoms with Gasteiger partial charge in [0.2, 0.25) is 5.91 Å². The third kappa shape index (κ3) is 7.30.